The van der Waals surface area contributed by atoms with Crippen molar-refractivity contribution in [2.24, 2.45) is 0 Å². The Balaban J connectivity index is 1.67. The third kappa shape index (κ3) is 2.68. The van der Waals surface area contributed by atoms with Crippen LogP contribution in [-0.2, 0) is 11.2 Å². The molecular weight excluding hydrogens is 262 g/mol. The molecule has 1 atom stereocenters. The van der Waals surface area contributed by atoms with Crippen molar-refractivity contribution in [3.8, 4) is 0 Å². The van der Waals surface area contributed by atoms with E-state index in [1.165, 1.54) is 4.88 Å². The van der Waals surface area contributed by atoms with E-state index >= 15 is 0 Å². The smallest absolute Gasteiger partial charge is 0.231 e. The lowest BCUT2D eigenvalue weighted by Gasteiger charge is -2.11. The summed E-state index contributed by atoms with van der Waals surface area (Å²) in [6.07, 6.45) is 1.62. The highest BCUT2D eigenvalue weighted by Crippen LogP contribution is 2.26. The molecule has 100 valence electrons. The monoisotopic (exact) mass is 277 g/mol. The van der Waals surface area contributed by atoms with Crippen LogP contribution in [0.5, 0.6) is 0 Å². The number of aromatic nitrogens is 2. The maximum atomic E-state index is 11.3. The molecule has 1 saturated heterocycles. The molecule has 1 aliphatic heterocycles. The van der Waals surface area contributed by atoms with Crippen LogP contribution >= 0.6 is 11.3 Å². The minimum Gasteiger partial charge on any atom is -0.342 e. The highest BCUT2D eigenvalue weighted by atomic mass is 32.1. The first-order valence-electron chi connectivity index (χ1n) is 6.33. The van der Waals surface area contributed by atoms with Gasteiger partial charge in [-0.25, -0.2) is 0 Å². The number of likely N-dealkylation sites (tertiary alicyclic amines) is 1. The minimum atomic E-state index is 0.112. The molecule has 3 rings (SSSR count). The third-order valence-corrected chi connectivity index (χ3v) is 4.26. The minimum absolute atomic E-state index is 0.112. The van der Waals surface area contributed by atoms with Gasteiger partial charge in [0.05, 0.1) is 5.92 Å². The zero-order valence-electron chi connectivity index (χ0n) is 10.7. The summed E-state index contributed by atoms with van der Waals surface area (Å²) in [6.45, 7) is 3.07. The maximum Gasteiger partial charge on any atom is 0.231 e. The fraction of sp³-hybridized carbons (Fsp3) is 0.462. The van der Waals surface area contributed by atoms with Gasteiger partial charge in [-0.2, -0.15) is 4.98 Å². The molecule has 1 amide bonds. The van der Waals surface area contributed by atoms with Gasteiger partial charge in [0.15, 0.2) is 5.82 Å². The molecule has 0 aromatic carbocycles. The Kier molecular flexibility index (Phi) is 3.33. The fourth-order valence-corrected chi connectivity index (χ4v) is 3.02. The molecule has 0 unspecified atom stereocenters. The molecule has 5 nitrogen and oxygen atoms in total. The molecule has 2 aromatic rings. The van der Waals surface area contributed by atoms with Crippen molar-refractivity contribution in [2.45, 2.75) is 25.7 Å². The topological polar surface area (TPSA) is 59.2 Å². The van der Waals surface area contributed by atoms with Gasteiger partial charge in [0, 0.05) is 31.3 Å². The second-order valence-corrected chi connectivity index (χ2v) is 5.79. The highest BCUT2D eigenvalue weighted by molar-refractivity contribution is 7.09. The van der Waals surface area contributed by atoms with Gasteiger partial charge < -0.3 is 9.42 Å². The Morgan fingerprint density at radius 1 is 1.63 bits per heavy atom. The Labute approximate surface area is 115 Å². The molecule has 2 aromatic heterocycles. The van der Waals surface area contributed by atoms with Crippen molar-refractivity contribution >= 4 is 17.2 Å². The van der Waals surface area contributed by atoms with Crippen LogP contribution in [0.2, 0.25) is 0 Å². The van der Waals surface area contributed by atoms with Crippen LogP contribution in [0, 0.1) is 0 Å². The molecule has 0 N–H and O–H groups in total. The van der Waals surface area contributed by atoms with E-state index in [0.717, 1.165) is 18.8 Å². The number of amides is 1. The molecule has 0 saturated carbocycles. The normalized spacial score (nSPS) is 19.0. The SMILES string of the molecule is CC(=O)N1CC[C@@H](c2nc(Cc3cccs3)no2)C1. The summed E-state index contributed by atoms with van der Waals surface area (Å²) in [5.41, 5.74) is 0. The predicted octanol–water partition coefficient (Wildman–Crippen LogP) is 2.06. The van der Waals surface area contributed by atoms with Gasteiger partial charge in [0.2, 0.25) is 11.8 Å². The van der Waals surface area contributed by atoms with Gasteiger partial charge in [-0.3, -0.25) is 4.79 Å². The Hall–Kier alpha value is -1.69. The van der Waals surface area contributed by atoms with Crippen LogP contribution in [0.15, 0.2) is 22.0 Å². The second-order valence-electron chi connectivity index (χ2n) is 4.76. The van der Waals surface area contributed by atoms with Crippen molar-refractivity contribution in [2.75, 3.05) is 13.1 Å². The number of nitrogens with zero attached hydrogens (tertiary/aromatic N) is 3. The van der Waals surface area contributed by atoms with E-state index in [0.29, 0.717) is 18.9 Å². The van der Waals surface area contributed by atoms with E-state index in [1.807, 2.05) is 16.3 Å². The average molecular weight is 277 g/mol. The van der Waals surface area contributed by atoms with Crippen LogP contribution in [0.3, 0.4) is 0 Å². The summed E-state index contributed by atoms with van der Waals surface area (Å²) in [6, 6.07) is 4.08. The van der Waals surface area contributed by atoms with Crippen LogP contribution in [-0.4, -0.2) is 34.0 Å². The van der Waals surface area contributed by atoms with E-state index < -0.39 is 0 Å². The third-order valence-electron chi connectivity index (χ3n) is 3.38. The number of thiophene rings is 1. The zero-order chi connectivity index (χ0) is 13.2. The molecule has 19 heavy (non-hydrogen) atoms. The first-order valence-corrected chi connectivity index (χ1v) is 7.20. The summed E-state index contributed by atoms with van der Waals surface area (Å²) in [5, 5.41) is 6.06. The largest absolute Gasteiger partial charge is 0.342 e. The zero-order valence-corrected chi connectivity index (χ0v) is 11.5. The molecule has 0 bridgehead atoms. The van der Waals surface area contributed by atoms with Gasteiger partial charge >= 0.3 is 0 Å². The molecule has 0 radical (unpaired) electrons. The Morgan fingerprint density at radius 2 is 2.53 bits per heavy atom. The Morgan fingerprint density at radius 3 is 3.21 bits per heavy atom. The van der Waals surface area contributed by atoms with Crippen LogP contribution in [0.4, 0.5) is 0 Å². The standard InChI is InChI=1S/C13H15N3O2S/c1-9(17)16-5-4-10(8-16)13-14-12(15-18-13)7-11-3-2-6-19-11/h2-3,6,10H,4-5,7-8H2,1H3/t10-/m1/s1. The van der Waals surface area contributed by atoms with Gasteiger partial charge in [-0.15, -0.1) is 11.3 Å². The molecule has 3 heterocycles. The quantitative estimate of drug-likeness (QED) is 0.861. The summed E-state index contributed by atoms with van der Waals surface area (Å²) < 4.78 is 5.33. The maximum absolute atomic E-state index is 11.3. The lowest BCUT2D eigenvalue weighted by atomic mass is 10.1. The van der Waals surface area contributed by atoms with Crippen LogP contribution in [0.25, 0.3) is 0 Å². The number of carbonyl (C=O) groups excluding carboxylic acids is 1. The van der Waals surface area contributed by atoms with Gasteiger partial charge in [-0.1, -0.05) is 11.2 Å². The summed E-state index contributed by atoms with van der Waals surface area (Å²) in [5.74, 6) is 1.68. The lowest BCUT2D eigenvalue weighted by Crippen LogP contribution is -2.25. The molecule has 1 aliphatic rings. The van der Waals surface area contributed by atoms with Gasteiger partial charge in [0.1, 0.15) is 0 Å². The number of rotatable bonds is 3. The number of hydrogen-bond donors (Lipinski definition) is 0. The highest BCUT2D eigenvalue weighted by Gasteiger charge is 2.29. The average Bonchev–Trinajstić information content (AvgIpc) is 3.09. The first kappa shape index (κ1) is 12.3. The van der Waals surface area contributed by atoms with Gasteiger partial charge in [0.25, 0.3) is 0 Å². The van der Waals surface area contributed by atoms with Crippen molar-refractivity contribution in [1.82, 2.24) is 15.0 Å². The molecule has 0 aliphatic carbocycles. The lowest BCUT2D eigenvalue weighted by molar-refractivity contribution is -0.127. The number of hydrogen-bond acceptors (Lipinski definition) is 5. The predicted molar refractivity (Wildman–Crippen MR) is 71.0 cm³/mol. The summed E-state index contributed by atoms with van der Waals surface area (Å²) in [7, 11) is 0. The van der Waals surface area contributed by atoms with E-state index in [1.54, 1.807) is 18.3 Å². The van der Waals surface area contributed by atoms with Gasteiger partial charge in [-0.05, 0) is 17.9 Å². The van der Waals surface area contributed by atoms with Crippen LogP contribution < -0.4 is 0 Å². The summed E-state index contributed by atoms with van der Waals surface area (Å²) >= 11 is 1.69. The molecule has 0 spiro atoms. The first-order chi connectivity index (χ1) is 9.22. The van der Waals surface area contributed by atoms with Crippen molar-refractivity contribution in [3.63, 3.8) is 0 Å². The molecular formula is C13H15N3O2S. The van der Waals surface area contributed by atoms with E-state index in [-0.39, 0.29) is 11.8 Å². The van der Waals surface area contributed by atoms with E-state index in [4.69, 9.17) is 4.52 Å². The van der Waals surface area contributed by atoms with Crippen molar-refractivity contribution < 1.29 is 9.32 Å². The van der Waals surface area contributed by atoms with E-state index in [2.05, 4.69) is 16.2 Å². The molecule has 6 heteroatoms. The van der Waals surface area contributed by atoms with Crippen molar-refractivity contribution in [1.29, 1.82) is 0 Å². The summed E-state index contributed by atoms with van der Waals surface area (Å²) in [4.78, 5) is 18.8. The fourth-order valence-electron chi connectivity index (χ4n) is 2.32. The van der Waals surface area contributed by atoms with Crippen LogP contribution in [0.1, 0.15) is 35.9 Å². The Bertz CT molecular complexity index is 564. The van der Waals surface area contributed by atoms with E-state index in [9.17, 15) is 4.79 Å². The number of carbonyl (C=O) groups is 1. The van der Waals surface area contributed by atoms with Crippen molar-refractivity contribution in [3.05, 3.63) is 34.1 Å². The molecule has 1 fully saturated rings. The second kappa shape index (κ2) is 5.13.